The standard InChI is InChI=1S/C26H26N2O5/c1-16(29)28-18-12-10-17(11-13-18)25(31)24(30)14-27-26(32)33-15-23-21-8-4-2-6-19(21)20-7-3-5-9-22(20)23/h2-13,23-25,30-31H,14-15H2,1H3,(H,27,32)(H,28,29). The van der Waals surface area contributed by atoms with E-state index in [2.05, 4.69) is 22.8 Å². The maximum absolute atomic E-state index is 12.3. The molecule has 1 aliphatic rings. The number of ether oxygens (including phenoxy) is 1. The van der Waals surface area contributed by atoms with E-state index in [4.69, 9.17) is 4.74 Å². The molecular formula is C26H26N2O5. The molecule has 0 saturated carbocycles. The minimum atomic E-state index is -1.22. The van der Waals surface area contributed by atoms with Gasteiger partial charge in [0.1, 0.15) is 18.8 Å². The summed E-state index contributed by atoms with van der Waals surface area (Å²) < 4.78 is 5.45. The molecule has 170 valence electrons. The summed E-state index contributed by atoms with van der Waals surface area (Å²) in [5, 5.41) is 25.8. The third-order valence-corrected chi connectivity index (χ3v) is 5.74. The van der Waals surface area contributed by atoms with E-state index in [-0.39, 0.29) is 25.0 Å². The summed E-state index contributed by atoms with van der Waals surface area (Å²) in [6.45, 7) is 1.40. The SMILES string of the molecule is CC(=O)Nc1ccc(C(O)C(O)CNC(=O)OCC2c3ccccc3-c3ccccc32)cc1. The second kappa shape index (κ2) is 9.85. The van der Waals surface area contributed by atoms with Gasteiger partial charge in [-0.05, 0) is 39.9 Å². The van der Waals surface area contributed by atoms with Crippen LogP contribution in [0.3, 0.4) is 0 Å². The molecule has 0 heterocycles. The van der Waals surface area contributed by atoms with E-state index < -0.39 is 18.3 Å². The summed E-state index contributed by atoms with van der Waals surface area (Å²) >= 11 is 0. The summed E-state index contributed by atoms with van der Waals surface area (Å²) in [5.41, 5.74) is 5.57. The van der Waals surface area contributed by atoms with Gasteiger partial charge in [0.05, 0.1) is 0 Å². The molecule has 0 saturated heterocycles. The molecule has 3 aromatic rings. The Morgan fingerprint density at radius 2 is 1.48 bits per heavy atom. The van der Waals surface area contributed by atoms with Crippen molar-refractivity contribution >= 4 is 17.7 Å². The highest BCUT2D eigenvalue weighted by molar-refractivity contribution is 5.88. The molecule has 33 heavy (non-hydrogen) atoms. The van der Waals surface area contributed by atoms with Crippen LogP contribution in [0.25, 0.3) is 11.1 Å². The molecule has 2 amide bonds. The van der Waals surface area contributed by atoms with Crippen LogP contribution in [0.15, 0.2) is 72.8 Å². The monoisotopic (exact) mass is 446 g/mol. The second-order valence-corrected chi connectivity index (χ2v) is 8.02. The van der Waals surface area contributed by atoms with Gasteiger partial charge in [0.15, 0.2) is 0 Å². The zero-order valence-electron chi connectivity index (χ0n) is 18.2. The number of anilines is 1. The number of carbonyl (C=O) groups is 2. The van der Waals surface area contributed by atoms with Crippen molar-refractivity contribution in [3.63, 3.8) is 0 Å². The lowest BCUT2D eigenvalue weighted by Gasteiger charge is -2.19. The topological polar surface area (TPSA) is 108 Å². The summed E-state index contributed by atoms with van der Waals surface area (Å²) in [5.74, 6) is -0.253. The molecule has 2 atom stereocenters. The number of amides is 2. The summed E-state index contributed by atoms with van der Waals surface area (Å²) in [4.78, 5) is 23.4. The predicted molar refractivity (Wildman–Crippen MR) is 125 cm³/mol. The van der Waals surface area contributed by atoms with Crippen LogP contribution in [-0.2, 0) is 9.53 Å². The molecule has 3 aromatic carbocycles. The molecule has 4 rings (SSSR count). The largest absolute Gasteiger partial charge is 0.449 e. The summed E-state index contributed by atoms with van der Waals surface area (Å²) in [6, 6.07) is 22.6. The van der Waals surface area contributed by atoms with Gasteiger partial charge in [-0.3, -0.25) is 4.79 Å². The highest BCUT2D eigenvalue weighted by Gasteiger charge is 2.29. The lowest BCUT2D eigenvalue weighted by atomic mass is 9.98. The van der Waals surface area contributed by atoms with E-state index in [0.29, 0.717) is 11.3 Å². The Kier molecular flexibility index (Phi) is 6.72. The van der Waals surface area contributed by atoms with Crippen LogP contribution in [0.2, 0.25) is 0 Å². The fraction of sp³-hybridized carbons (Fsp3) is 0.231. The van der Waals surface area contributed by atoms with Gasteiger partial charge in [0.2, 0.25) is 5.91 Å². The van der Waals surface area contributed by atoms with Gasteiger partial charge in [-0.15, -0.1) is 0 Å². The fourth-order valence-electron chi connectivity index (χ4n) is 4.14. The highest BCUT2D eigenvalue weighted by atomic mass is 16.5. The zero-order chi connectivity index (χ0) is 23.4. The van der Waals surface area contributed by atoms with E-state index in [1.165, 1.54) is 6.92 Å². The van der Waals surface area contributed by atoms with E-state index >= 15 is 0 Å². The maximum atomic E-state index is 12.3. The number of hydrogen-bond acceptors (Lipinski definition) is 5. The van der Waals surface area contributed by atoms with E-state index in [1.807, 2.05) is 36.4 Å². The molecule has 0 fully saturated rings. The first-order valence-corrected chi connectivity index (χ1v) is 10.8. The normalized spacial score (nSPS) is 14.0. The Balaban J connectivity index is 1.30. The summed E-state index contributed by atoms with van der Waals surface area (Å²) in [7, 11) is 0. The molecule has 0 aliphatic heterocycles. The van der Waals surface area contributed by atoms with E-state index in [0.717, 1.165) is 22.3 Å². The molecule has 0 radical (unpaired) electrons. The van der Waals surface area contributed by atoms with Crippen LogP contribution in [0, 0.1) is 0 Å². The van der Waals surface area contributed by atoms with Crippen LogP contribution in [0.5, 0.6) is 0 Å². The maximum Gasteiger partial charge on any atom is 0.407 e. The van der Waals surface area contributed by atoms with Gasteiger partial charge in [-0.25, -0.2) is 4.79 Å². The number of carbonyl (C=O) groups excluding carboxylic acids is 2. The number of benzene rings is 3. The molecule has 7 heteroatoms. The number of alkyl carbamates (subject to hydrolysis) is 1. The second-order valence-electron chi connectivity index (χ2n) is 8.02. The van der Waals surface area contributed by atoms with Gasteiger partial charge < -0.3 is 25.6 Å². The van der Waals surface area contributed by atoms with Crippen LogP contribution >= 0.6 is 0 Å². The number of aliphatic hydroxyl groups excluding tert-OH is 2. The van der Waals surface area contributed by atoms with Gasteiger partial charge in [-0.2, -0.15) is 0 Å². The molecule has 2 unspecified atom stereocenters. The van der Waals surface area contributed by atoms with Crippen molar-refractivity contribution in [2.75, 3.05) is 18.5 Å². The molecule has 7 nitrogen and oxygen atoms in total. The van der Waals surface area contributed by atoms with Crippen LogP contribution in [0.1, 0.15) is 35.6 Å². The Labute approximate surface area is 192 Å². The Bertz CT molecular complexity index is 1100. The minimum Gasteiger partial charge on any atom is -0.449 e. The fourth-order valence-corrected chi connectivity index (χ4v) is 4.14. The number of rotatable bonds is 7. The van der Waals surface area contributed by atoms with E-state index in [1.54, 1.807) is 24.3 Å². The van der Waals surface area contributed by atoms with Crippen molar-refractivity contribution in [1.29, 1.82) is 0 Å². The predicted octanol–water partition coefficient (Wildman–Crippen LogP) is 3.58. The first-order valence-electron chi connectivity index (χ1n) is 10.8. The van der Waals surface area contributed by atoms with Crippen molar-refractivity contribution in [3.05, 3.63) is 89.5 Å². The van der Waals surface area contributed by atoms with Gasteiger partial charge in [0.25, 0.3) is 0 Å². The summed E-state index contributed by atoms with van der Waals surface area (Å²) in [6.07, 6.45) is -3.09. The van der Waals surface area contributed by atoms with Gasteiger partial charge >= 0.3 is 6.09 Å². The zero-order valence-corrected chi connectivity index (χ0v) is 18.2. The first-order chi connectivity index (χ1) is 15.9. The molecule has 0 bridgehead atoms. The van der Waals surface area contributed by atoms with Gasteiger partial charge in [-0.1, -0.05) is 60.7 Å². The van der Waals surface area contributed by atoms with Crippen molar-refractivity contribution < 1.29 is 24.5 Å². The van der Waals surface area contributed by atoms with E-state index in [9.17, 15) is 19.8 Å². The molecule has 0 spiro atoms. The lowest BCUT2D eigenvalue weighted by Crippen LogP contribution is -2.36. The van der Waals surface area contributed by atoms with Crippen molar-refractivity contribution in [1.82, 2.24) is 5.32 Å². The molecule has 0 aromatic heterocycles. The Hall–Kier alpha value is -3.68. The molecule has 4 N–H and O–H groups in total. The smallest absolute Gasteiger partial charge is 0.407 e. The van der Waals surface area contributed by atoms with Crippen molar-refractivity contribution in [2.45, 2.75) is 25.0 Å². The molecule has 1 aliphatic carbocycles. The van der Waals surface area contributed by atoms with Gasteiger partial charge in [0, 0.05) is 25.1 Å². The van der Waals surface area contributed by atoms with Crippen LogP contribution < -0.4 is 10.6 Å². The average molecular weight is 447 g/mol. The van der Waals surface area contributed by atoms with Crippen molar-refractivity contribution in [3.8, 4) is 11.1 Å². The third-order valence-electron chi connectivity index (χ3n) is 5.74. The van der Waals surface area contributed by atoms with Crippen molar-refractivity contribution in [2.24, 2.45) is 0 Å². The lowest BCUT2D eigenvalue weighted by molar-refractivity contribution is -0.114. The van der Waals surface area contributed by atoms with Crippen LogP contribution in [-0.4, -0.2) is 41.5 Å². The third kappa shape index (κ3) is 5.05. The number of nitrogens with one attached hydrogen (secondary N) is 2. The minimum absolute atomic E-state index is 0.0548. The highest BCUT2D eigenvalue weighted by Crippen LogP contribution is 2.44. The number of aliphatic hydroxyl groups is 2. The average Bonchev–Trinajstić information content (AvgIpc) is 3.14. The quantitative estimate of drug-likeness (QED) is 0.444. The first kappa shape index (κ1) is 22.5. The number of fused-ring (bicyclic) bond motifs is 3. The van der Waals surface area contributed by atoms with Crippen LogP contribution in [0.4, 0.5) is 10.5 Å². The Morgan fingerprint density at radius 3 is 2.06 bits per heavy atom. The molecular weight excluding hydrogens is 420 g/mol. The number of hydrogen-bond donors (Lipinski definition) is 4. The Morgan fingerprint density at radius 1 is 0.909 bits per heavy atom.